The standard InChI is InChI=1S/C22H24N4O2/c1-28-21-9-8-20(13-24-21)18-4-6-19(7-5-18)22(27)26-11-2-3-17(15-26)14-25-12-10-23-16-25/h4-10,12-13,16-17H,2-3,11,14-15H2,1H3/t17-/m0/s1. The molecule has 1 atom stereocenters. The monoisotopic (exact) mass is 376 g/mol. The van der Waals surface area contributed by atoms with Crippen molar-refractivity contribution in [2.75, 3.05) is 20.2 Å². The highest BCUT2D eigenvalue weighted by Crippen LogP contribution is 2.23. The number of ether oxygens (including phenoxy) is 1. The van der Waals surface area contributed by atoms with Crippen molar-refractivity contribution < 1.29 is 9.53 Å². The smallest absolute Gasteiger partial charge is 0.253 e. The van der Waals surface area contributed by atoms with Crippen LogP contribution in [-0.2, 0) is 6.54 Å². The highest BCUT2D eigenvalue weighted by atomic mass is 16.5. The molecule has 0 spiro atoms. The van der Waals surface area contributed by atoms with Crippen molar-refractivity contribution in [3.05, 3.63) is 66.9 Å². The minimum Gasteiger partial charge on any atom is -0.481 e. The van der Waals surface area contributed by atoms with Crippen molar-refractivity contribution in [2.24, 2.45) is 5.92 Å². The molecular weight excluding hydrogens is 352 g/mol. The second kappa shape index (κ2) is 8.25. The molecule has 0 saturated carbocycles. The quantitative estimate of drug-likeness (QED) is 0.684. The lowest BCUT2D eigenvalue weighted by Crippen LogP contribution is -2.41. The fraction of sp³-hybridized carbons (Fsp3) is 0.318. The minimum atomic E-state index is 0.106. The number of benzene rings is 1. The predicted octanol–water partition coefficient (Wildman–Crippen LogP) is 3.51. The lowest BCUT2D eigenvalue weighted by molar-refractivity contribution is 0.0662. The Morgan fingerprint density at radius 2 is 2.00 bits per heavy atom. The van der Waals surface area contributed by atoms with Crippen LogP contribution in [0.3, 0.4) is 0 Å². The summed E-state index contributed by atoms with van der Waals surface area (Å²) < 4.78 is 7.19. The number of rotatable bonds is 5. The van der Waals surface area contributed by atoms with Gasteiger partial charge >= 0.3 is 0 Å². The van der Waals surface area contributed by atoms with E-state index >= 15 is 0 Å². The average Bonchev–Trinajstić information content (AvgIpc) is 3.27. The zero-order valence-corrected chi connectivity index (χ0v) is 16.0. The highest BCUT2D eigenvalue weighted by molar-refractivity contribution is 5.94. The molecule has 1 amide bonds. The minimum absolute atomic E-state index is 0.106. The van der Waals surface area contributed by atoms with Gasteiger partial charge in [-0.05, 0) is 42.5 Å². The van der Waals surface area contributed by atoms with Crippen LogP contribution in [0, 0.1) is 5.92 Å². The number of imidazole rings is 1. The van der Waals surface area contributed by atoms with Crippen molar-refractivity contribution in [3.8, 4) is 17.0 Å². The van der Waals surface area contributed by atoms with E-state index in [1.807, 2.05) is 53.8 Å². The Morgan fingerprint density at radius 1 is 1.18 bits per heavy atom. The van der Waals surface area contributed by atoms with Gasteiger partial charge < -0.3 is 14.2 Å². The van der Waals surface area contributed by atoms with Crippen LogP contribution in [0.4, 0.5) is 0 Å². The molecular formula is C22H24N4O2. The first-order chi connectivity index (χ1) is 13.7. The Kier molecular flexibility index (Phi) is 5.37. The van der Waals surface area contributed by atoms with E-state index < -0.39 is 0 Å². The van der Waals surface area contributed by atoms with Crippen molar-refractivity contribution in [1.82, 2.24) is 19.4 Å². The number of carbonyl (C=O) groups is 1. The number of hydrogen-bond donors (Lipinski definition) is 0. The molecule has 0 aliphatic carbocycles. The normalized spacial score (nSPS) is 16.8. The van der Waals surface area contributed by atoms with Crippen LogP contribution in [0.5, 0.6) is 5.88 Å². The molecule has 144 valence electrons. The fourth-order valence-corrected chi connectivity index (χ4v) is 3.75. The average molecular weight is 376 g/mol. The lowest BCUT2D eigenvalue weighted by atomic mass is 9.97. The van der Waals surface area contributed by atoms with Gasteiger partial charge in [0.1, 0.15) is 0 Å². The van der Waals surface area contributed by atoms with E-state index in [2.05, 4.69) is 14.5 Å². The van der Waals surface area contributed by atoms with Gasteiger partial charge in [-0.1, -0.05) is 12.1 Å². The second-order valence-corrected chi connectivity index (χ2v) is 7.19. The SMILES string of the molecule is COc1ccc(-c2ccc(C(=O)N3CCC[C@@H](Cn4ccnc4)C3)cc2)cn1. The summed E-state index contributed by atoms with van der Waals surface area (Å²) in [6.07, 6.45) is 9.58. The molecule has 6 nitrogen and oxygen atoms in total. The number of amides is 1. The van der Waals surface area contributed by atoms with E-state index in [0.717, 1.165) is 49.2 Å². The third kappa shape index (κ3) is 4.06. The number of methoxy groups -OCH3 is 1. The molecule has 1 aromatic carbocycles. The molecule has 0 N–H and O–H groups in total. The predicted molar refractivity (Wildman–Crippen MR) is 107 cm³/mol. The molecule has 2 aromatic heterocycles. The van der Waals surface area contributed by atoms with Gasteiger partial charge in [-0.3, -0.25) is 4.79 Å². The summed E-state index contributed by atoms with van der Waals surface area (Å²) in [5.74, 6) is 1.16. The van der Waals surface area contributed by atoms with Crippen LogP contribution in [-0.4, -0.2) is 45.5 Å². The molecule has 1 aliphatic rings. The van der Waals surface area contributed by atoms with Gasteiger partial charge in [-0.25, -0.2) is 9.97 Å². The van der Waals surface area contributed by atoms with Crippen LogP contribution >= 0.6 is 0 Å². The second-order valence-electron chi connectivity index (χ2n) is 7.19. The van der Waals surface area contributed by atoms with Crippen molar-refractivity contribution in [3.63, 3.8) is 0 Å². The zero-order valence-electron chi connectivity index (χ0n) is 16.0. The van der Waals surface area contributed by atoms with Crippen molar-refractivity contribution in [2.45, 2.75) is 19.4 Å². The molecule has 28 heavy (non-hydrogen) atoms. The third-order valence-corrected chi connectivity index (χ3v) is 5.25. The molecule has 4 rings (SSSR count). The number of likely N-dealkylation sites (tertiary alicyclic amines) is 1. The molecule has 0 radical (unpaired) electrons. The maximum absolute atomic E-state index is 13.0. The molecule has 0 unspecified atom stereocenters. The van der Waals surface area contributed by atoms with Crippen LogP contribution in [0.1, 0.15) is 23.2 Å². The summed E-state index contributed by atoms with van der Waals surface area (Å²) in [4.78, 5) is 23.3. The fourth-order valence-electron chi connectivity index (χ4n) is 3.75. The van der Waals surface area contributed by atoms with Crippen molar-refractivity contribution in [1.29, 1.82) is 0 Å². The van der Waals surface area contributed by atoms with E-state index in [1.165, 1.54) is 0 Å². The van der Waals surface area contributed by atoms with E-state index in [4.69, 9.17) is 4.74 Å². The van der Waals surface area contributed by atoms with Crippen LogP contribution in [0.15, 0.2) is 61.3 Å². The Balaban J connectivity index is 1.42. The molecule has 6 heteroatoms. The number of pyridine rings is 1. The van der Waals surface area contributed by atoms with Gasteiger partial charge in [-0.15, -0.1) is 0 Å². The first-order valence-electron chi connectivity index (χ1n) is 9.58. The molecule has 1 fully saturated rings. The van der Waals surface area contributed by atoms with Gasteiger partial charge in [0.2, 0.25) is 5.88 Å². The first-order valence-corrected chi connectivity index (χ1v) is 9.58. The van der Waals surface area contributed by atoms with Gasteiger partial charge in [0.25, 0.3) is 5.91 Å². The number of aromatic nitrogens is 3. The molecule has 0 bridgehead atoms. The largest absolute Gasteiger partial charge is 0.481 e. The maximum atomic E-state index is 13.0. The number of nitrogens with zero attached hydrogens (tertiary/aromatic N) is 4. The highest BCUT2D eigenvalue weighted by Gasteiger charge is 2.24. The van der Waals surface area contributed by atoms with Gasteiger partial charge in [0, 0.05) is 55.4 Å². The van der Waals surface area contributed by atoms with Crippen LogP contribution in [0.2, 0.25) is 0 Å². The van der Waals surface area contributed by atoms with Crippen LogP contribution < -0.4 is 4.74 Å². The third-order valence-electron chi connectivity index (χ3n) is 5.25. The Hall–Kier alpha value is -3.15. The van der Waals surface area contributed by atoms with Gasteiger partial charge in [-0.2, -0.15) is 0 Å². The van der Waals surface area contributed by atoms with E-state index in [-0.39, 0.29) is 5.91 Å². The van der Waals surface area contributed by atoms with E-state index in [0.29, 0.717) is 11.8 Å². The number of hydrogen-bond acceptors (Lipinski definition) is 4. The van der Waals surface area contributed by atoms with Crippen LogP contribution in [0.25, 0.3) is 11.1 Å². The number of piperidine rings is 1. The summed E-state index contributed by atoms with van der Waals surface area (Å²) >= 11 is 0. The van der Waals surface area contributed by atoms with E-state index in [1.54, 1.807) is 19.5 Å². The Morgan fingerprint density at radius 3 is 2.68 bits per heavy atom. The Bertz CT molecular complexity index is 905. The molecule has 3 aromatic rings. The first kappa shape index (κ1) is 18.2. The molecule has 1 aliphatic heterocycles. The van der Waals surface area contributed by atoms with E-state index in [9.17, 15) is 4.79 Å². The molecule has 1 saturated heterocycles. The summed E-state index contributed by atoms with van der Waals surface area (Å²) in [6, 6.07) is 11.6. The summed E-state index contributed by atoms with van der Waals surface area (Å²) in [5.41, 5.74) is 2.76. The van der Waals surface area contributed by atoms with Gasteiger partial charge in [0.05, 0.1) is 13.4 Å². The zero-order chi connectivity index (χ0) is 19.3. The summed E-state index contributed by atoms with van der Waals surface area (Å²) in [6.45, 7) is 2.53. The molecule has 3 heterocycles. The number of carbonyl (C=O) groups excluding carboxylic acids is 1. The summed E-state index contributed by atoms with van der Waals surface area (Å²) in [5, 5.41) is 0. The Labute approximate surface area is 164 Å². The lowest BCUT2D eigenvalue weighted by Gasteiger charge is -2.33. The topological polar surface area (TPSA) is 60.2 Å². The maximum Gasteiger partial charge on any atom is 0.253 e. The van der Waals surface area contributed by atoms with Gasteiger partial charge in [0.15, 0.2) is 0 Å². The van der Waals surface area contributed by atoms with Crippen molar-refractivity contribution >= 4 is 5.91 Å². The summed E-state index contributed by atoms with van der Waals surface area (Å²) in [7, 11) is 1.60.